The lowest BCUT2D eigenvalue weighted by Crippen LogP contribution is -2.37. The summed E-state index contributed by atoms with van der Waals surface area (Å²) in [6.07, 6.45) is -3.91. The molecule has 1 heterocycles. The van der Waals surface area contributed by atoms with E-state index in [0.717, 1.165) is 17.9 Å². The summed E-state index contributed by atoms with van der Waals surface area (Å²) in [6, 6.07) is 8.23. The lowest BCUT2D eigenvalue weighted by atomic mass is 9.95. The minimum absolute atomic E-state index is 0.218. The van der Waals surface area contributed by atoms with Crippen molar-refractivity contribution >= 4 is 20.7 Å². The number of alkyl halides is 3. The summed E-state index contributed by atoms with van der Waals surface area (Å²) in [5.41, 5.74) is -2.64. The lowest BCUT2D eigenvalue weighted by molar-refractivity contribution is -0.137. The van der Waals surface area contributed by atoms with Gasteiger partial charge in [-0.25, -0.2) is 17.8 Å². The van der Waals surface area contributed by atoms with E-state index in [4.69, 9.17) is 0 Å². The molecule has 0 atom stereocenters. The third-order valence-corrected chi connectivity index (χ3v) is 5.25. The van der Waals surface area contributed by atoms with Crippen LogP contribution in [-0.2, 0) is 28.4 Å². The molecule has 0 amide bonds. The first kappa shape index (κ1) is 22.8. The van der Waals surface area contributed by atoms with Crippen LogP contribution in [0.15, 0.2) is 46.0 Å². The second-order valence-corrected chi connectivity index (χ2v) is 9.71. The number of nitrogens with zero attached hydrogens (tertiary/aromatic N) is 2. The van der Waals surface area contributed by atoms with Gasteiger partial charge in [-0.1, -0.05) is 18.2 Å². The van der Waals surface area contributed by atoms with Crippen LogP contribution in [0.5, 0.6) is 0 Å². The van der Waals surface area contributed by atoms with Crippen LogP contribution in [0.4, 0.5) is 13.2 Å². The molecule has 0 spiro atoms. The number of fused-ring (bicyclic) bond motifs is 1. The number of H-pyrrole nitrogens is 1. The van der Waals surface area contributed by atoms with Crippen molar-refractivity contribution in [3.8, 4) is 11.1 Å². The van der Waals surface area contributed by atoms with E-state index in [-0.39, 0.29) is 22.0 Å². The first-order valence-corrected chi connectivity index (χ1v) is 11.1. The van der Waals surface area contributed by atoms with E-state index in [1.54, 1.807) is 18.2 Å². The van der Waals surface area contributed by atoms with Gasteiger partial charge in [0, 0.05) is 12.8 Å². The number of aromatic nitrogens is 2. The molecule has 166 valence electrons. The summed E-state index contributed by atoms with van der Waals surface area (Å²) in [4.78, 5) is 29.0. The van der Waals surface area contributed by atoms with Crippen molar-refractivity contribution in [2.75, 3.05) is 20.4 Å². The SMILES string of the molecule is CN(C)Cc1cccc(-c2cc3c(=O)n(CS(C)(=O)=O)c(=O)[nH]c3cc2C(F)(F)F)c1. The molecule has 0 radical (unpaired) electrons. The Hall–Kier alpha value is -2.92. The highest BCUT2D eigenvalue weighted by atomic mass is 32.2. The Morgan fingerprint density at radius 3 is 2.35 bits per heavy atom. The van der Waals surface area contributed by atoms with Gasteiger partial charge in [0.25, 0.3) is 5.56 Å². The van der Waals surface area contributed by atoms with Crippen molar-refractivity contribution in [2.24, 2.45) is 0 Å². The molecule has 3 rings (SSSR count). The summed E-state index contributed by atoms with van der Waals surface area (Å²) in [6.45, 7) is 0.497. The van der Waals surface area contributed by atoms with Crippen LogP contribution in [0.25, 0.3) is 22.0 Å². The van der Waals surface area contributed by atoms with Gasteiger partial charge in [-0.15, -0.1) is 0 Å². The Morgan fingerprint density at radius 2 is 1.77 bits per heavy atom. The van der Waals surface area contributed by atoms with Gasteiger partial charge in [0.05, 0.1) is 16.5 Å². The second kappa shape index (κ2) is 7.97. The van der Waals surface area contributed by atoms with Crippen LogP contribution < -0.4 is 11.2 Å². The topological polar surface area (TPSA) is 92.2 Å². The number of hydrogen-bond donors (Lipinski definition) is 1. The van der Waals surface area contributed by atoms with Crippen molar-refractivity contribution in [2.45, 2.75) is 18.6 Å². The van der Waals surface area contributed by atoms with E-state index < -0.39 is 38.7 Å². The van der Waals surface area contributed by atoms with Crippen LogP contribution in [0.2, 0.25) is 0 Å². The predicted molar refractivity (Wildman–Crippen MR) is 112 cm³/mol. The molecule has 0 saturated carbocycles. The van der Waals surface area contributed by atoms with Gasteiger partial charge in [0.15, 0.2) is 9.84 Å². The number of aromatic amines is 1. The molecule has 7 nitrogen and oxygen atoms in total. The number of halogens is 3. The van der Waals surface area contributed by atoms with Crippen LogP contribution >= 0.6 is 0 Å². The van der Waals surface area contributed by atoms with Gasteiger partial charge in [0.1, 0.15) is 5.88 Å². The van der Waals surface area contributed by atoms with Gasteiger partial charge in [-0.2, -0.15) is 13.2 Å². The summed E-state index contributed by atoms with van der Waals surface area (Å²) >= 11 is 0. The maximum atomic E-state index is 13.8. The third-order valence-electron chi connectivity index (χ3n) is 4.53. The molecule has 3 aromatic rings. The van der Waals surface area contributed by atoms with Gasteiger partial charge in [0.2, 0.25) is 0 Å². The first-order chi connectivity index (χ1) is 14.3. The average Bonchev–Trinajstić information content (AvgIpc) is 2.62. The maximum Gasteiger partial charge on any atom is 0.417 e. The summed E-state index contributed by atoms with van der Waals surface area (Å²) in [5, 5.41) is -0.218. The Balaban J connectivity index is 2.34. The van der Waals surface area contributed by atoms with Crippen molar-refractivity contribution < 1.29 is 21.6 Å². The Bertz CT molecular complexity index is 1370. The van der Waals surface area contributed by atoms with Crippen molar-refractivity contribution in [1.29, 1.82) is 0 Å². The maximum absolute atomic E-state index is 13.8. The quantitative estimate of drug-likeness (QED) is 0.638. The highest BCUT2D eigenvalue weighted by molar-refractivity contribution is 7.89. The Morgan fingerprint density at radius 1 is 1.10 bits per heavy atom. The molecule has 1 N–H and O–H groups in total. The number of nitrogens with one attached hydrogen (secondary N) is 1. The Labute approximate surface area is 175 Å². The van der Waals surface area contributed by atoms with E-state index in [1.165, 1.54) is 6.07 Å². The van der Waals surface area contributed by atoms with Gasteiger partial charge in [-0.05, 0) is 49.0 Å². The van der Waals surface area contributed by atoms with E-state index in [0.29, 0.717) is 17.2 Å². The number of rotatable bonds is 5. The van der Waals surface area contributed by atoms with E-state index in [1.807, 2.05) is 19.0 Å². The molecular weight excluding hydrogens is 435 g/mol. The highest BCUT2D eigenvalue weighted by Crippen LogP contribution is 2.38. The molecule has 0 aliphatic rings. The van der Waals surface area contributed by atoms with Crippen molar-refractivity contribution in [1.82, 2.24) is 14.5 Å². The summed E-state index contributed by atoms with van der Waals surface area (Å²) < 4.78 is 65.0. The van der Waals surface area contributed by atoms with Crippen LogP contribution in [0.3, 0.4) is 0 Å². The Kier molecular flexibility index (Phi) is 5.85. The molecule has 11 heteroatoms. The molecule has 1 aromatic heterocycles. The van der Waals surface area contributed by atoms with Crippen LogP contribution in [0, 0.1) is 0 Å². The standard InChI is InChI=1S/C20H20F3N3O4S/c1-25(2)10-12-5-4-6-13(7-12)14-8-15-17(9-16(14)20(21,22)23)24-19(28)26(18(15)27)11-31(3,29)30/h4-9H,10-11H2,1-3H3,(H,24,28). The van der Waals surface area contributed by atoms with E-state index >= 15 is 0 Å². The zero-order valence-corrected chi connectivity index (χ0v) is 17.8. The molecule has 0 aliphatic heterocycles. The summed E-state index contributed by atoms with van der Waals surface area (Å²) in [7, 11) is -0.0957. The summed E-state index contributed by atoms with van der Waals surface area (Å²) in [5.74, 6) is -0.883. The predicted octanol–water partition coefficient (Wildman–Crippen LogP) is 2.44. The van der Waals surface area contributed by atoms with Gasteiger partial charge < -0.3 is 9.88 Å². The third kappa shape index (κ3) is 5.05. The number of sulfone groups is 1. The minimum Gasteiger partial charge on any atom is -0.307 e. The fourth-order valence-corrected chi connectivity index (χ4v) is 4.03. The van der Waals surface area contributed by atoms with Gasteiger partial charge in [-0.3, -0.25) is 4.79 Å². The molecule has 0 saturated heterocycles. The molecule has 0 bridgehead atoms. The fraction of sp³-hybridized carbons (Fsp3) is 0.300. The highest BCUT2D eigenvalue weighted by Gasteiger charge is 2.34. The second-order valence-electron chi connectivity index (χ2n) is 7.60. The van der Waals surface area contributed by atoms with E-state index in [2.05, 4.69) is 4.98 Å². The fourth-order valence-electron chi connectivity index (χ4n) is 3.33. The van der Waals surface area contributed by atoms with Gasteiger partial charge >= 0.3 is 11.9 Å². The van der Waals surface area contributed by atoms with E-state index in [9.17, 15) is 31.2 Å². The zero-order chi connectivity index (χ0) is 23.1. The molecule has 31 heavy (non-hydrogen) atoms. The number of hydrogen-bond acceptors (Lipinski definition) is 5. The normalized spacial score (nSPS) is 12.6. The molecule has 0 fully saturated rings. The molecule has 0 aliphatic carbocycles. The molecule has 0 unspecified atom stereocenters. The van der Waals surface area contributed by atoms with Crippen LogP contribution in [0.1, 0.15) is 11.1 Å². The monoisotopic (exact) mass is 455 g/mol. The zero-order valence-electron chi connectivity index (χ0n) is 16.9. The largest absolute Gasteiger partial charge is 0.417 e. The van der Waals surface area contributed by atoms with Crippen LogP contribution in [-0.4, -0.2) is 43.2 Å². The minimum atomic E-state index is -4.75. The lowest BCUT2D eigenvalue weighted by Gasteiger charge is -2.16. The first-order valence-electron chi connectivity index (χ1n) is 9.06. The smallest absolute Gasteiger partial charge is 0.307 e. The number of benzene rings is 2. The van der Waals surface area contributed by atoms with Crippen molar-refractivity contribution in [3.63, 3.8) is 0 Å². The molecule has 2 aromatic carbocycles. The molecular formula is C20H20F3N3O4S. The van der Waals surface area contributed by atoms with Crippen molar-refractivity contribution in [3.05, 3.63) is 68.4 Å². The average molecular weight is 455 g/mol.